The fourth-order valence-electron chi connectivity index (χ4n) is 4.35. The summed E-state index contributed by atoms with van der Waals surface area (Å²) < 4.78 is 7.03. The molecule has 0 spiro atoms. The number of benzene rings is 2. The molecule has 8 nitrogen and oxygen atoms in total. The van der Waals surface area contributed by atoms with Crippen LogP contribution >= 0.6 is 0 Å². The maximum absolute atomic E-state index is 12.6. The minimum absolute atomic E-state index is 0.00558. The zero-order chi connectivity index (χ0) is 22.9. The number of aromatic nitrogens is 4. The first-order chi connectivity index (χ1) is 16.0. The van der Waals surface area contributed by atoms with Crippen LogP contribution in [-0.4, -0.2) is 45.2 Å². The number of amides is 1. The first-order valence-corrected chi connectivity index (χ1v) is 11.4. The van der Waals surface area contributed by atoms with Gasteiger partial charge in [0.15, 0.2) is 11.5 Å². The Morgan fingerprint density at radius 2 is 1.94 bits per heavy atom. The minimum Gasteiger partial charge on any atom is -0.497 e. The van der Waals surface area contributed by atoms with Crippen molar-refractivity contribution in [1.29, 1.82) is 0 Å². The molecule has 3 heterocycles. The summed E-state index contributed by atoms with van der Waals surface area (Å²) >= 11 is 0. The highest BCUT2D eigenvalue weighted by atomic mass is 16.5. The Morgan fingerprint density at radius 3 is 2.70 bits per heavy atom. The average Bonchev–Trinajstić information content (AvgIpc) is 3.18. The van der Waals surface area contributed by atoms with Gasteiger partial charge in [-0.3, -0.25) is 4.79 Å². The summed E-state index contributed by atoms with van der Waals surface area (Å²) in [6, 6.07) is 13.4. The zero-order valence-electron chi connectivity index (χ0n) is 19.1. The van der Waals surface area contributed by atoms with E-state index in [-0.39, 0.29) is 11.9 Å². The molecule has 0 saturated carbocycles. The van der Waals surface area contributed by atoms with Crippen molar-refractivity contribution in [3.05, 3.63) is 48.0 Å². The van der Waals surface area contributed by atoms with Crippen LogP contribution in [0.25, 0.3) is 27.9 Å². The van der Waals surface area contributed by atoms with Crippen LogP contribution in [0.4, 0.5) is 5.95 Å². The number of hydrogen-bond donors (Lipinski definition) is 2. The van der Waals surface area contributed by atoms with Gasteiger partial charge < -0.3 is 15.4 Å². The van der Waals surface area contributed by atoms with E-state index in [1.807, 2.05) is 36.4 Å². The number of anilines is 1. The van der Waals surface area contributed by atoms with E-state index in [4.69, 9.17) is 19.8 Å². The number of fused-ring (bicyclic) bond motifs is 3. The molecule has 1 atom stereocenters. The first kappa shape index (κ1) is 21.2. The Labute approximate surface area is 192 Å². The Morgan fingerprint density at radius 1 is 1.12 bits per heavy atom. The highest BCUT2D eigenvalue weighted by Gasteiger charge is 2.24. The Kier molecular flexibility index (Phi) is 5.58. The standard InChI is InChI=1S/C25H28N6O2/c1-15(2)18-7-6-9-19-21(18)23-29-22(16-10-12-17(33-3)13-11-16)30-31(23)25(27-19)28-20-8-4-5-14-26-24(20)32/h6-7,9-13,15,20H,4-5,8,14H2,1-3H3,(H,26,32)(H,27,28)/t20-/m1/s1. The second kappa shape index (κ2) is 8.69. The molecule has 2 aromatic carbocycles. The van der Waals surface area contributed by atoms with Crippen LogP contribution in [0.15, 0.2) is 42.5 Å². The van der Waals surface area contributed by atoms with Crippen molar-refractivity contribution in [3.63, 3.8) is 0 Å². The lowest BCUT2D eigenvalue weighted by atomic mass is 9.99. The molecule has 0 bridgehead atoms. The number of carbonyl (C=O) groups excluding carboxylic acids is 1. The van der Waals surface area contributed by atoms with Gasteiger partial charge in [-0.2, -0.15) is 4.52 Å². The number of nitrogens with one attached hydrogen (secondary N) is 2. The maximum Gasteiger partial charge on any atom is 0.242 e. The predicted molar refractivity (Wildman–Crippen MR) is 129 cm³/mol. The number of nitrogens with zero attached hydrogens (tertiary/aromatic N) is 4. The lowest BCUT2D eigenvalue weighted by Crippen LogP contribution is -2.38. The van der Waals surface area contributed by atoms with Crippen molar-refractivity contribution in [1.82, 2.24) is 24.9 Å². The molecule has 4 aromatic rings. The monoisotopic (exact) mass is 444 g/mol. The van der Waals surface area contributed by atoms with Crippen LogP contribution < -0.4 is 15.4 Å². The lowest BCUT2D eigenvalue weighted by Gasteiger charge is -2.17. The summed E-state index contributed by atoms with van der Waals surface area (Å²) in [5.74, 6) is 2.19. The molecule has 1 fully saturated rings. The van der Waals surface area contributed by atoms with E-state index >= 15 is 0 Å². The fourth-order valence-corrected chi connectivity index (χ4v) is 4.35. The Bertz CT molecular complexity index is 1310. The summed E-state index contributed by atoms with van der Waals surface area (Å²) in [4.78, 5) is 22.4. The van der Waals surface area contributed by atoms with E-state index in [1.165, 1.54) is 0 Å². The number of ether oxygens (including phenoxy) is 1. The zero-order valence-corrected chi connectivity index (χ0v) is 19.1. The van der Waals surface area contributed by atoms with Gasteiger partial charge in [-0.1, -0.05) is 26.0 Å². The van der Waals surface area contributed by atoms with E-state index in [9.17, 15) is 4.79 Å². The van der Waals surface area contributed by atoms with Crippen LogP contribution in [0.2, 0.25) is 0 Å². The van der Waals surface area contributed by atoms with Crippen molar-refractivity contribution >= 4 is 28.4 Å². The van der Waals surface area contributed by atoms with E-state index in [2.05, 4.69) is 30.5 Å². The van der Waals surface area contributed by atoms with Gasteiger partial charge in [-0.15, -0.1) is 5.10 Å². The highest BCUT2D eigenvalue weighted by Crippen LogP contribution is 2.31. The Balaban J connectivity index is 1.70. The third kappa shape index (κ3) is 3.97. The summed E-state index contributed by atoms with van der Waals surface area (Å²) in [5.41, 5.74) is 3.61. The highest BCUT2D eigenvalue weighted by molar-refractivity contribution is 5.96. The molecule has 0 unspecified atom stereocenters. The van der Waals surface area contributed by atoms with Gasteiger partial charge in [0.05, 0.1) is 12.6 Å². The number of methoxy groups -OCH3 is 1. The molecule has 5 rings (SSSR count). The van der Waals surface area contributed by atoms with Gasteiger partial charge in [-0.25, -0.2) is 9.97 Å². The van der Waals surface area contributed by atoms with Gasteiger partial charge in [0.2, 0.25) is 11.9 Å². The van der Waals surface area contributed by atoms with Crippen molar-refractivity contribution in [2.24, 2.45) is 0 Å². The Hall–Kier alpha value is -3.68. The minimum atomic E-state index is -0.359. The van der Waals surface area contributed by atoms with E-state index in [0.717, 1.165) is 52.7 Å². The molecule has 1 aliphatic rings. The van der Waals surface area contributed by atoms with Gasteiger partial charge in [0, 0.05) is 17.5 Å². The first-order valence-electron chi connectivity index (χ1n) is 11.4. The molecule has 1 saturated heterocycles. The molecule has 1 amide bonds. The van der Waals surface area contributed by atoms with Crippen LogP contribution in [0.5, 0.6) is 5.75 Å². The molecule has 33 heavy (non-hydrogen) atoms. The molecule has 0 radical (unpaired) electrons. The third-order valence-corrected chi connectivity index (χ3v) is 6.14. The second-order valence-corrected chi connectivity index (χ2v) is 8.71. The number of carbonyl (C=O) groups is 1. The normalized spacial score (nSPS) is 16.7. The van der Waals surface area contributed by atoms with Gasteiger partial charge >= 0.3 is 0 Å². The average molecular weight is 445 g/mol. The summed E-state index contributed by atoms with van der Waals surface area (Å²) in [6.07, 6.45) is 2.70. The van der Waals surface area contributed by atoms with E-state index in [1.54, 1.807) is 11.6 Å². The maximum atomic E-state index is 12.6. The van der Waals surface area contributed by atoms with E-state index < -0.39 is 0 Å². The van der Waals surface area contributed by atoms with Crippen molar-refractivity contribution in [2.75, 3.05) is 19.0 Å². The number of rotatable bonds is 5. The molecular formula is C25H28N6O2. The summed E-state index contributed by atoms with van der Waals surface area (Å²) in [7, 11) is 1.64. The largest absolute Gasteiger partial charge is 0.497 e. The molecule has 1 aliphatic heterocycles. The lowest BCUT2D eigenvalue weighted by molar-refractivity contribution is -0.121. The molecule has 2 aromatic heterocycles. The molecule has 0 aliphatic carbocycles. The topological polar surface area (TPSA) is 93.4 Å². The SMILES string of the molecule is COc1ccc(-c2nc3c4c(C(C)C)cccc4nc(N[C@@H]4CCCCNC4=O)n3n2)cc1. The summed E-state index contributed by atoms with van der Waals surface area (Å²) in [6.45, 7) is 5.03. The van der Waals surface area contributed by atoms with Gasteiger partial charge in [0.1, 0.15) is 11.8 Å². The van der Waals surface area contributed by atoms with Crippen molar-refractivity contribution in [3.8, 4) is 17.1 Å². The van der Waals surface area contributed by atoms with Gasteiger partial charge in [-0.05, 0) is 61.1 Å². The van der Waals surface area contributed by atoms with Crippen LogP contribution in [0, 0.1) is 0 Å². The second-order valence-electron chi connectivity index (χ2n) is 8.71. The fraction of sp³-hybridized carbons (Fsp3) is 0.360. The molecule has 170 valence electrons. The van der Waals surface area contributed by atoms with Crippen molar-refractivity contribution in [2.45, 2.75) is 45.1 Å². The van der Waals surface area contributed by atoms with Crippen LogP contribution in [0.3, 0.4) is 0 Å². The van der Waals surface area contributed by atoms with Crippen molar-refractivity contribution < 1.29 is 9.53 Å². The smallest absolute Gasteiger partial charge is 0.242 e. The van der Waals surface area contributed by atoms with E-state index in [0.29, 0.717) is 24.2 Å². The third-order valence-electron chi connectivity index (χ3n) is 6.14. The molecule has 2 N–H and O–H groups in total. The molecule has 8 heteroatoms. The number of hydrogen-bond acceptors (Lipinski definition) is 6. The predicted octanol–water partition coefficient (Wildman–Crippen LogP) is 4.16. The quantitative estimate of drug-likeness (QED) is 0.480. The summed E-state index contributed by atoms with van der Waals surface area (Å²) in [5, 5.41) is 12.1. The van der Waals surface area contributed by atoms with Crippen LogP contribution in [-0.2, 0) is 4.79 Å². The van der Waals surface area contributed by atoms with Gasteiger partial charge in [0.25, 0.3) is 0 Å². The molecular weight excluding hydrogens is 416 g/mol. The van der Waals surface area contributed by atoms with Crippen LogP contribution in [0.1, 0.15) is 44.6 Å².